The molecule has 0 radical (unpaired) electrons. The van der Waals surface area contributed by atoms with Gasteiger partial charge in [-0.25, -0.2) is 9.59 Å². The molecule has 0 bridgehead atoms. The average Bonchev–Trinajstić information content (AvgIpc) is 2.86. The zero-order valence-electron chi connectivity index (χ0n) is 24.3. The Balaban J connectivity index is 3.12. The number of benzene rings is 1. The van der Waals surface area contributed by atoms with Crippen molar-refractivity contribution in [3.05, 3.63) is 23.8 Å². The lowest BCUT2D eigenvalue weighted by Gasteiger charge is -2.24. The van der Waals surface area contributed by atoms with Gasteiger partial charge in [0.1, 0.15) is 23.9 Å². The molecule has 1 aromatic carbocycles. The molecule has 0 amide bonds. The van der Waals surface area contributed by atoms with Gasteiger partial charge in [-0.15, -0.1) is 0 Å². The second kappa shape index (κ2) is 15.9. The Morgan fingerprint density at radius 3 is 1.95 bits per heavy atom. The molecule has 1 N–H and O–H groups in total. The van der Waals surface area contributed by atoms with E-state index >= 15 is 0 Å². The molecule has 0 heterocycles. The molecular weight excluding hydrogens is 510 g/mol. The molecule has 0 aliphatic heterocycles. The van der Waals surface area contributed by atoms with Crippen LogP contribution in [0.2, 0.25) is 0 Å². The summed E-state index contributed by atoms with van der Waals surface area (Å²) in [5, 5.41) is 3.00. The molecule has 220 valence electrons. The lowest BCUT2D eigenvalue weighted by Crippen LogP contribution is -2.41. The normalized spacial score (nSPS) is 12.2. The predicted octanol–water partition coefficient (Wildman–Crippen LogP) is 5.11. The first-order chi connectivity index (χ1) is 18.3. The number of carbonyl (C=O) groups is 4. The van der Waals surface area contributed by atoms with Crippen molar-refractivity contribution in [1.82, 2.24) is 5.32 Å². The molecule has 0 fully saturated rings. The van der Waals surface area contributed by atoms with Gasteiger partial charge in [0, 0.05) is 13.0 Å². The lowest BCUT2D eigenvalue weighted by atomic mass is 10.1. The Hall–Kier alpha value is -3.34. The zero-order valence-corrected chi connectivity index (χ0v) is 24.3. The van der Waals surface area contributed by atoms with Crippen LogP contribution in [0.1, 0.15) is 79.7 Å². The summed E-state index contributed by atoms with van der Waals surface area (Å²) in [7, 11) is 1.26. The van der Waals surface area contributed by atoms with Crippen LogP contribution in [-0.2, 0) is 35.0 Å². The number of rotatable bonds is 15. The van der Waals surface area contributed by atoms with Crippen LogP contribution < -0.4 is 14.8 Å². The second-order valence-corrected chi connectivity index (χ2v) is 10.1. The Bertz CT molecular complexity index is 973. The predicted molar refractivity (Wildman–Crippen MR) is 143 cm³/mol. The van der Waals surface area contributed by atoms with Crippen LogP contribution in [-0.4, -0.2) is 61.8 Å². The first kappa shape index (κ1) is 33.7. The molecule has 1 rings (SSSR count). The van der Waals surface area contributed by atoms with E-state index in [1.165, 1.54) is 19.2 Å². The summed E-state index contributed by atoms with van der Waals surface area (Å²) < 4.78 is 31.5. The molecule has 0 unspecified atom stereocenters. The largest absolute Gasteiger partial charge is 0.514 e. The number of hydrogen-bond acceptors (Lipinski definition) is 11. The van der Waals surface area contributed by atoms with Crippen molar-refractivity contribution in [3.8, 4) is 11.5 Å². The van der Waals surface area contributed by atoms with Gasteiger partial charge in [0.2, 0.25) is 0 Å². The lowest BCUT2D eigenvalue weighted by molar-refractivity contribution is -0.144. The maximum atomic E-state index is 12.5. The van der Waals surface area contributed by atoms with Crippen molar-refractivity contribution in [2.45, 2.75) is 97.8 Å². The molecule has 1 aromatic rings. The first-order valence-corrected chi connectivity index (χ1v) is 13.2. The summed E-state index contributed by atoms with van der Waals surface area (Å²) in [6.45, 7) is 12.9. The van der Waals surface area contributed by atoms with E-state index in [9.17, 15) is 19.2 Å². The van der Waals surface area contributed by atoms with E-state index in [0.29, 0.717) is 31.2 Å². The number of carbonyl (C=O) groups excluding carboxylic acids is 4. The Morgan fingerprint density at radius 2 is 1.44 bits per heavy atom. The Morgan fingerprint density at radius 1 is 0.872 bits per heavy atom. The van der Waals surface area contributed by atoms with Gasteiger partial charge in [-0.1, -0.05) is 26.8 Å². The Kier molecular flexibility index (Phi) is 13.8. The van der Waals surface area contributed by atoms with E-state index in [0.717, 1.165) is 0 Å². The number of ether oxygens (including phenoxy) is 6. The second-order valence-electron chi connectivity index (χ2n) is 10.1. The molecule has 0 aliphatic carbocycles. The summed E-state index contributed by atoms with van der Waals surface area (Å²) in [5.74, 6) is -1.00. The minimum Gasteiger partial charge on any atom is -0.468 e. The fourth-order valence-electron chi connectivity index (χ4n) is 2.95. The van der Waals surface area contributed by atoms with Crippen LogP contribution in [0, 0.1) is 0 Å². The van der Waals surface area contributed by atoms with E-state index < -0.39 is 35.5 Å². The number of methoxy groups -OCH3 is 1. The van der Waals surface area contributed by atoms with Crippen molar-refractivity contribution < 1.29 is 47.6 Å². The van der Waals surface area contributed by atoms with E-state index in [1.54, 1.807) is 33.8 Å². The smallest absolute Gasteiger partial charge is 0.468 e. The van der Waals surface area contributed by atoms with Crippen LogP contribution in [0.25, 0.3) is 0 Å². The van der Waals surface area contributed by atoms with Gasteiger partial charge in [0.15, 0.2) is 11.5 Å². The topological polar surface area (TPSA) is 136 Å². The van der Waals surface area contributed by atoms with Crippen LogP contribution in [0.15, 0.2) is 18.2 Å². The Labute approximate surface area is 230 Å². The van der Waals surface area contributed by atoms with Gasteiger partial charge in [-0.3, -0.25) is 9.59 Å². The molecular formula is C28H43NO10. The van der Waals surface area contributed by atoms with Gasteiger partial charge >= 0.3 is 24.2 Å². The SMILES string of the molecule is CCCC(=O)OCCN[C@@H](Cc1ccc(OC(=O)OC(C)(C)CC)c(OC(=O)OC(C)(C)CC)c1)C(=O)OC. The first-order valence-electron chi connectivity index (χ1n) is 13.2. The van der Waals surface area contributed by atoms with Gasteiger partial charge in [-0.2, -0.15) is 0 Å². The average molecular weight is 554 g/mol. The molecule has 1 atom stereocenters. The van der Waals surface area contributed by atoms with Crippen LogP contribution in [0.4, 0.5) is 9.59 Å². The van der Waals surface area contributed by atoms with E-state index in [-0.39, 0.29) is 37.0 Å². The molecule has 0 saturated heterocycles. The standard InChI is InChI=1S/C28H43NO10/c1-9-12-23(30)35-16-15-29-20(24(31)34-8)17-19-13-14-21(36-25(32)38-27(4,5)10-2)22(18-19)37-26(33)39-28(6,7)11-3/h13-14,18,20,29H,9-12,15-17H2,1-8H3/t20-/m0/s1. The monoisotopic (exact) mass is 553 g/mol. The quantitative estimate of drug-likeness (QED) is 0.134. The highest BCUT2D eigenvalue weighted by Gasteiger charge is 2.27. The van der Waals surface area contributed by atoms with Crippen molar-refractivity contribution in [2.75, 3.05) is 20.3 Å². The van der Waals surface area contributed by atoms with E-state index in [4.69, 9.17) is 28.4 Å². The van der Waals surface area contributed by atoms with Gasteiger partial charge in [0.05, 0.1) is 7.11 Å². The minimum absolute atomic E-state index is 0.0627. The summed E-state index contributed by atoms with van der Waals surface area (Å²) in [4.78, 5) is 48.9. The van der Waals surface area contributed by atoms with Crippen molar-refractivity contribution in [1.29, 1.82) is 0 Å². The molecule has 11 nitrogen and oxygen atoms in total. The van der Waals surface area contributed by atoms with Crippen LogP contribution in [0.5, 0.6) is 11.5 Å². The van der Waals surface area contributed by atoms with E-state index in [2.05, 4.69) is 5.32 Å². The van der Waals surface area contributed by atoms with Gasteiger partial charge < -0.3 is 33.7 Å². The third-order valence-electron chi connectivity index (χ3n) is 5.95. The highest BCUT2D eigenvalue weighted by Crippen LogP contribution is 2.31. The highest BCUT2D eigenvalue weighted by molar-refractivity contribution is 5.76. The van der Waals surface area contributed by atoms with Crippen molar-refractivity contribution in [3.63, 3.8) is 0 Å². The van der Waals surface area contributed by atoms with Crippen LogP contribution >= 0.6 is 0 Å². The molecule has 39 heavy (non-hydrogen) atoms. The fraction of sp³-hybridized carbons (Fsp3) is 0.643. The number of hydrogen-bond donors (Lipinski definition) is 1. The minimum atomic E-state index is -0.984. The fourth-order valence-corrected chi connectivity index (χ4v) is 2.95. The molecule has 11 heteroatoms. The van der Waals surface area contributed by atoms with Gasteiger partial charge in [0.25, 0.3) is 0 Å². The molecule has 0 saturated carbocycles. The summed E-state index contributed by atoms with van der Waals surface area (Å²) >= 11 is 0. The van der Waals surface area contributed by atoms with Crippen molar-refractivity contribution in [2.24, 2.45) is 0 Å². The maximum absolute atomic E-state index is 12.5. The number of nitrogens with one attached hydrogen (secondary N) is 1. The summed E-state index contributed by atoms with van der Waals surface area (Å²) in [6.07, 6.45) is 0.287. The number of esters is 2. The third-order valence-corrected chi connectivity index (χ3v) is 5.95. The maximum Gasteiger partial charge on any atom is 0.514 e. The molecule has 0 aliphatic rings. The van der Waals surface area contributed by atoms with Crippen molar-refractivity contribution >= 4 is 24.2 Å². The summed E-state index contributed by atoms with van der Waals surface area (Å²) in [6, 6.07) is 3.72. The highest BCUT2D eigenvalue weighted by atomic mass is 16.8. The van der Waals surface area contributed by atoms with Gasteiger partial charge in [-0.05, 0) is 71.1 Å². The molecule has 0 spiro atoms. The third kappa shape index (κ3) is 12.8. The van der Waals surface area contributed by atoms with Crippen LogP contribution in [0.3, 0.4) is 0 Å². The molecule has 0 aromatic heterocycles. The zero-order chi connectivity index (χ0) is 29.6. The van der Waals surface area contributed by atoms with E-state index in [1.807, 2.05) is 20.8 Å². The summed E-state index contributed by atoms with van der Waals surface area (Å²) in [5.41, 5.74) is -0.972.